The Morgan fingerprint density at radius 1 is 1.36 bits per heavy atom. The summed E-state index contributed by atoms with van der Waals surface area (Å²) in [5.74, 6) is 0.801. The van der Waals surface area contributed by atoms with Crippen molar-refractivity contribution in [3.63, 3.8) is 0 Å². The SMILES string of the molecule is CN(C[C@]1(O)CCCN(c2cnccn2)C1)C(=O)CN1CCOCC1. The van der Waals surface area contributed by atoms with Crippen LogP contribution in [0.3, 0.4) is 0 Å². The number of β-amino-alcohol motifs (C(OH)–C–C–N with tert-alkyl or cyclic N) is 1. The summed E-state index contributed by atoms with van der Waals surface area (Å²) in [6.07, 6.45) is 6.54. The molecule has 2 saturated heterocycles. The number of amides is 1. The van der Waals surface area contributed by atoms with Gasteiger partial charge in [0.25, 0.3) is 0 Å². The summed E-state index contributed by atoms with van der Waals surface area (Å²) in [7, 11) is 1.77. The van der Waals surface area contributed by atoms with E-state index in [0.717, 1.165) is 31.9 Å². The van der Waals surface area contributed by atoms with E-state index in [1.165, 1.54) is 0 Å². The van der Waals surface area contributed by atoms with Crippen molar-refractivity contribution in [2.45, 2.75) is 18.4 Å². The van der Waals surface area contributed by atoms with E-state index in [9.17, 15) is 9.90 Å². The molecule has 2 aliphatic heterocycles. The van der Waals surface area contributed by atoms with Crippen molar-refractivity contribution in [2.75, 3.05) is 64.4 Å². The van der Waals surface area contributed by atoms with Crippen molar-refractivity contribution in [3.8, 4) is 0 Å². The topological polar surface area (TPSA) is 82.0 Å². The minimum atomic E-state index is -0.925. The number of anilines is 1. The summed E-state index contributed by atoms with van der Waals surface area (Å²) < 4.78 is 5.31. The van der Waals surface area contributed by atoms with Crippen molar-refractivity contribution in [3.05, 3.63) is 18.6 Å². The van der Waals surface area contributed by atoms with Gasteiger partial charge in [0.2, 0.25) is 5.91 Å². The van der Waals surface area contributed by atoms with Crippen LogP contribution in [0.1, 0.15) is 12.8 Å². The van der Waals surface area contributed by atoms with Gasteiger partial charge in [0.15, 0.2) is 0 Å². The molecule has 0 aromatic carbocycles. The number of morpholine rings is 1. The highest BCUT2D eigenvalue weighted by molar-refractivity contribution is 5.78. The molecule has 0 radical (unpaired) electrons. The van der Waals surface area contributed by atoms with Crippen molar-refractivity contribution < 1.29 is 14.6 Å². The third-order valence-electron chi connectivity index (χ3n) is 4.85. The normalized spacial score (nSPS) is 25.0. The molecule has 3 rings (SSSR count). The molecule has 0 bridgehead atoms. The van der Waals surface area contributed by atoms with E-state index < -0.39 is 5.60 Å². The van der Waals surface area contributed by atoms with E-state index in [-0.39, 0.29) is 5.91 Å². The van der Waals surface area contributed by atoms with Crippen LogP contribution in [-0.4, -0.2) is 95.9 Å². The lowest BCUT2D eigenvalue weighted by Crippen LogP contribution is -2.56. The number of carbonyl (C=O) groups excluding carboxylic acids is 1. The van der Waals surface area contributed by atoms with E-state index in [1.807, 2.05) is 4.90 Å². The Morgan fingerprint density at radius 3 is 2.88 bits per heavy atom. The quantitative estimate of drug-likeness (QED) is 0.774. The summed E-state index contributed by atoms with van der Waals surface area (Å²) in [6.45, 7) is 4.92. The van der Waals surface area contributed by atoms with Crippen molar-refractivity contribution >= 4 is 11.7 Å². The second-order valence-electron chi connectivity index (χ2n) is 6.95. The first kappa shape index (κ1) is 18.0. The second-order valence-corrected chi connectivity index (χ2v) is 6.95. The van der Waals surface area contributed by atoms with E-state index in [2.05, 4.69) is 14.9 Å². The highest BCUT2D eigenvalue weighted by Crippen LogP contribution is 2.25. The third-order valence-corrected chi connectivity index (χ3v) is 4.85. The molecular formula is C17H27N5O3. The number of ether oxygens (including phenoxy) is 1. The van der Waals surface area contributed by atoms with Crippen molar-refractivity contribution in [2.24, 2.45) is 0 Å². The number of aromatic nitrogens is 2. The number of piperidine rings is 1. The summed E-state index contributed by atoms with van der Waals surface area (Å²) in [5, 5.41) is 11.0. The molecule has 1 amide bonds. The number of hydrogen-bond donors (Lipinski definition) is 1. The van der Waals surface area contributed by atoms with E-state index in [1.54, 1.807) is 30.5 Å². The largest absolute Gasteiger partial charge is 0.386 e. The van der Waals surface area contributed by atoms with Gasteiger partial charge >= 0.3 is 0 Å². The maximum Gasteiger partial charge on any atom is 0.236 e. The first-order valence-corrected chi connectivity index (χ1v) is 8.83. The van der Waals surface area contributed by atoms with Crippen LogP contribution >= 0.6 is 0 Å². The van der Waals surface area contributed by atoms with Gasteiger partial charge < -0.3 is 19.6 Å². The first-order valence-electron chi connectivity index (χ1n) is 8.83. The Kier molecular flexibility index (Phi) is 5.82. The molecule has 25 heavy (non-hydrogen) atoms. The minimum Gasteiger partial charge on any atom is -0.386 e. The monoisotopic (exact) mass is 349 g/mol. The molecule has 1 N–H and O–H groups in total. The number of carbonyl (C=O) groups is 1. The molecule has 1 atom stereocenters. The molecule has 2 aliphatic rings. The predicted molar refractivity (Wildman–Crippen MR) is 93.3 cm³/mol. The summed E-state index contributed by atoms with van der Waals surface area (Å²) in [6, 6.07) is 0. The Morgan fingerprint density at radius 2 is 2.16 bits per heavy atom. The van der Waals surface area contributed by atoms with Crippen LogP contribution in [0.25, 0.3) is 0 Å². The van der Waals surface area contributed by atoms with Crippen LogP contribution in [0.5, 0.6) is 0 Å². The maximum absolute atomic E-state index is 12.5. The molecular weight excluding hydrogens is 322 g/mol. The molecule has 1 aromatic heterocycles. The van der Waals surface area contributed by atoms with Crippen LogP contribution in [0, 0.1) is 0 Å². The molecule has 2 fully saturated rings. The lowest BCUT2D eigenvalue weighted by molar-refractivity contribution is -0.135. The van der Waals surface area contributed by atoms with Gasteiger partial charge in [0, 0.05) is 45.6 Å². The van der Waals surface area contributed by atoms with E-state index >= 15 is 0 Å². The molecule has 0 aliphatic carbocycles. The second kappa shape index (κ2) is 8.07. The number of hydrogen-bond acceptors (Lipinski definition) is 7. The van der Waals surface area contributed by atoms with Gasteiger partial charge in [-0.15, -0.1) is 0 Å². The fourth-order valence-corrected chi connectivity index (χ4v) is 3.49. The standard InChI is InChI=1S/C17H27N5O3/c1-20(16(23)12-21-7-9-25-10-8-21)13-17(24)3-2-6-22(14-17)15-11-18-4-5-19-15/h4-5,11,24H,2-3,6-10,12-14H2,1H3/t17-/m1/s1. The zero-order valence-electron chi connectivity index (χ0n) is 14.8. The maximum atomic E-state index is 12.5. The van der Waals surface area contributed by atoms with Crippen LogP contribution in [0.15, 0.2) is 18.6 Å². The average Bonchev–Trinajstić information content (AvgIpc) is 2.63. The Labute approximate surface area is 148 Å². The molecule has 8 nitrogen and oxygen atoms in total. The summed E-state index contributed by atoms with van der Waals surface area (Å²) in [5.41, 5.74) is -0.925. The molecule has 0 unspecified atom stereocenters. The van der Waals surface area contributed by atoms with Gasteiger partial charge in [-0.2, -0.15) is 0 Å². The first-order chi connectivity index (χ1) is 12.1. The zero-order chi connectivity index (χ0) is 17.7. The fourth-order valence-electron chi connectivity index (χ4n) is 3.49. The van der Waals surface area contributed by atoms with Crippen LogP contribution in [-0.2, 0) is 9.53 Å². The van der Waals surface area contributed by atoms with Crippen molar-refractivity contribution in [1.82, 2.24) is 19.8 Å². The predicted octanol–water partition coefficient (Wildman–Crippen LogP) is -0.401. The molecule has 138 valence electrons. The highest BCUT2D eigenvalue weighted by Gasteiger charge is 2.36. The smallest absolute Gasteiger partial charge is 0.236 e. The van der Waals surface area contributed by atoms with E-state index in [4.69, 9.17) is 4.74 Å². The lowest BCUT2D eigenvalue weighted by Gasteiger charge is -2.41. The van der Waals surface area contributed by atoms with E-state index in [0.29, 0.717) is 39.3 Å². The third kappa shape index (κ3) is 4.87. The Balaban J connectivity index is 1.55. The van der Waals surface area contributed by atoms with Gasteiger partial charge in [0.1, 0.15) is 5.82 Å². The lowest BCUT2D eigenvalue weighted by atomic mass is 9.92. The molecule has 1 aromatic rings. The number of nitrogens with zero attached hydrogens (tertiary/aromatic N) is 5. The summed E-state index contributed by atoms with van der Waals surface area (Å²) >= 11 is 0. The number of likely N-dealkylation sites (N-methyl/N-ethyl adjacent to an activating group) is 1. The van der Waals surface area contributed by atoms with Gasteiger partial charge in [-0.25, -0.2) is 4.98 Å². The van der Waals surface area contributed by atoms with Crippen LogP contribution < -0.4 is 4.90 Å². The molecule has 0 spiro atoms. The molecule has 8 heteroatoms. The zero-order valence-corrected chi connectivity index (χ0v) is 14.8. The number of rotatable bonds is 5. The summed E-state index contributed by atoms with van der Waals surface area (Å²) in [4.78, 5) is 26.7. The van der Waals surface area contributed by atoms with Gasteiger partial charge in [0.05, 0.1) is 38.1 Å². The Hall–Kier alpha value is -1.77. The fraction of sp³-hybridized carbons (Fsp3) is 0.706. The van der Waals surface area contributed by atoms with Gasteiger partial charge in [-0.1, -0.05) is 0 Å². The van der Waals surface area contributed by atoms with Crippen LogP contribution in [0.4, 0.5) is 5.82 Å². The van der Waals surface area contributed by atoms with Gasteiger partial charge in [-0.3, -0.25) is 14.7 Å². The van der Waals surface area contributed by atoms with Crippen LogP contribution in [0.2, 0.25) is 0 Å². The minimum absolute atomic E-state index is 0.0342. The number of aliphatic hydroxyl groups is 1. The van der Waals surface area contributed by atoms with Crippen molar-refractivity contribution in [1.29, 1.82) is 0 Å². The molecule has 3 heterocycles. The Bertz CT molecular complexity index is 567. The molecule has 0 saturated carbocycles. The van der Waals surface area contributed by atoms with Gasteiger partial charge in [-0.05, 0) is 12.8 Å². The highest BCUT2D eigenvalue weighted by atomic mass is 16.5. The average molecular weight is 349 g/mol.